The number of aromatic nitrogens is 4. The van der Waals surface area contributed by atoms with Gasteiger partial charge in [-0.1, -0.05) is 59.8 Å². The van der Waals surface area contributed by atoms with Crippen LogP contribution in [-0.2, 0) is 18.3 Å². The molecule has 0 spiro atoms. The van der Waals surface area contributed by atoms with Crippen LogP contribution in [-0.4, -0.2) is 27.1 Å². The number of phenols is 1. The summed E-state index contributed by atoms with van der Waals surface area (Å²) >= 11 is 0. The number of rotatable bonds is 14. The molecule has 0 bridgehead atoms. The molecule has 30 heavy (non-hydrogen) atoms. The molecule has 0 fully saturated rings. The Morgan fingerprint density at radius 1 is 1.00 bits per heavy atom. The largest absolute Gasteiger partial charge is 1.00 e. The summed E-state index contributed by atoms with van der Waals surface area (Å²) in [5, 5.41) is 25.5. The molecule has 1 aromatic heterocycles. The van der Waals surface area contributed by atoms with Gasteiger partial charge >= 0.3 is 29.6 Å². The predicted molar refractivity (Wildman–Crippen MR) is 115 cm³/mol. The van der Waals surface area contributed by atoms with Crippen molar-refractivity contribution >= 4 is 0 Å². The van der Waals surface area contributed by atoms with Crippen molar-refractivity contribution in [2.45, 2.75) is 97.3 Å². The molecule has 7 heteroatoms. The van der Waals surface area contributed by atoms with Gasteiger partial charge in [-0.15, -0.1) is 0 Å². The van der Waals surface area contributed by atoms with Crippen molar-refractivity contribution in [3.8, 4) is 11.5 Å². The van der Waals surface area contributed by atoms with E-state index in [-0.39, 0.29) is 35.0 Å². The van der Waals surface area contributed by atoms with Gasteiger partial charge in [0.2, 0.25) is 0 Å². The van der Waals surface area contributed by atoms with Gasteiger partial charge in [-0.3, -0.25) is 15.5 Å². The fraction of sp³-hybridized carbons (Fsp3) is 0.696. The monoisotopic (exact) mass is 424 g/mol. The van der Waals surface area contributed by atoms with Gasteiger partial charge in [0.05, 0.1) is 6.61 Å². The van der Waals surface area contributed by atoms with Crippen LogP contribution in [0.4, 0.5) is 0 Å². The Morgan fingerprint density at radius 3 is 2.43 bits per heavy atom. The van der Waals surface area contributed by atoms with Gasteiger partial charge in [-0.25, -0.2) is 0 Å². The Bertz CT molecular complexity index is 720. The molecule has 0 aliphatic rings. The van der Waals surface area contributed by atoms with Crippen LogP contribution in [0.1, 0.15) is 96.0 Å². The molecule has 0 atom stereocenters. The zero-order valence-corrected chi connectivity index (χ0v) is 21.6. The van der Waals surface area contributed by atoms with Crippen molar-refractivity contribution in [1.29, 1.82) is 0 Å². The van der Waals surface area contributed by atoms with Crippen LogP contribution in [0.3, 0.4) is 0 Å². The molecule has 2 aromatic rings. The van der Waals surface area contributed by atoms with E-state index in [1.165, 1.54) is 24.8 Å². The number of unbranched alkanes of at least 4 members (excludes halogenated alkanes) is 5. The van der Waals surface area contributed by atoms with Crippen LogP contribution in [0, 0.1) is 0 Å². The maximum Gasteiger partial charge on any atom is 1.00 e. The van der Waals surface area contributed by atoms with E-state index in [0.717, 1.165) is 56.3 Å². The number of benzene rings is 1. The molecule has 162 valence electrons. The van der Waals surface area contributed by atoms with Gasteiger partial charge in [0.15, 0.2) is 0 Å². The average Bonchev–Trinajstić information content (AvgIpc) is 3.25. The predicted octanol–water partition coefficient (Wildman–Crippen LogP) is 2.14. The van der Waals surface area contributed by atoms with Crippen LogP contribution >= 0.6 is 0 Å². The van der Waals surface area contributed by atoms with Crippen molar-refractivity contribution in [3.05, 3.63) is 29.1 Å². The number of nitrogens with zero attached hydrogens (tertiary/aromatic N) is 4. The quantitative estimate of drug-likeness (QED) is 0.370. The molecule has 1 aromatic carbocycles. The molecular formula is C23H37N4NaO2. The number of ether oxygens (including phenoxy) is 1. The molecule has 0 radical (unpaired) electrons. The third kappa shape index (κ3) is 8.56. The van der Waals surface area contributed by atoms with Crippen molar-refractivity contribution < 1.29 is 39.4 Å². The van der Waals surface area contributed by atoms with Crippen LogP contribution in [0.25, 0.3) is 0 Å². The summed E-state index contributed by atoms with van der Waals surface area (Å²) in [5.74, 6) is 1.91. The number of aryl methyl sites for hydroxylation is 2. The first-order chi connectivity index (χ1) is 14.0. The maximum atomic E-state index is 10.4. The molecule has 0 saturated heterocycles. The first-order valence-electron chi connectivity index (χ1n) is 11.1. The second-order valence-corrected chi connectivity index (χ2v) is 8.50. The molecule has 2 rings (SSSR count). The topological polar surface area (TPSA) is 82.2 Å². The molecule has 0 aliphatic carbocycles. The molecule has 0 aliphatic heterocycles. The van der Waals surface area contributed by atoms with Crippen molar-refractivity contribution in [2.24, 2.45) is 0 Å². The third-order valence-corrected chi connectivity index (χ3v) is 5.57. The Morgan fingerprint density at radius 2 is 1.77 bits per heavy atom. The van der Waals surface area contributed by atoms with Gasteiger partial charge in [0, 0.05) is 17.3 Å². The number of hydrogen-bond donors (Lipinski definition) is 1. The van der Waals surface area contributed by atoms with E-state index in [9.17, 15) is 5.11 Å². The molecular weight excluding hydrogens is 387 g/mol. The Kier molecular flexibility index (Phi) is 12.6. The minimum Gasteiger partial charge on any atom is -0.508 e. The van der Waals surface area contributed by atoms with E-state index in [1.54, 1.807) is 0 Å². The number of aromatic hydroxyl groups is 1. The van der Waals surface area contributed by atoms with Gasteiger partial charge in [-0.05, 0) is 49.3 Å². The second kappa shape index (κ2) is 14.0. The zero-order chi connectivity index (χ0) is 21.1. The third-order valence-electron chi connectivity index (χ3n) is 5.57. The first-order valence-corrected chi connectivity index (χ1v) is 11.1. The number of tetrazole rings is 1. The first kappa shape index (κ1) is 26.9. The van der Waals surface area contributed by atoms with Crippen molar-refractivity contribution in [2.75, 3.05) is 6.61 Å². The fourth-order valence-corrected chi connectivity index (χ4v) is 3.57. The standard InChI is InChI=1S/C23H37N4O2.Na/c1-5-7-8-10-13-19-16-18(6-2)21(17-20(19)28)29-15-12-9-11-14-23(3,4)22-24-26-27-25-22;/h16-17H,5-15H2,1-4H3,(H-,24,25,26,27,28);/q-1;+1. The van der Waals surface area contributed by atoms with E-state index >= 15 is 0 Å². The van der Waals surface area contributed by atoms with Crippen molar-refractivity contribution in [1.82, 2.24) is 20.6 Å². The summed E-state index contributed by atoms with van der Waals surface area (Å²) in [7, 11) is 0. The second-order valence-electron chi connectivity index (χ2n) is 8.50. The molecule has 6 nitrogen and oxygen atoms in total. The summed E-state index contributed by atoms with van der Waals surface area (Å²) in [6, 6.07) is 3.94. The summed E-state index contributed by atoms with van der Waals surface area (Å²) in [5.41, 5.74) is 2.13. The molecule has 1 N–H and O–H groups in total. The van der Waals surface area contributed by atoms with Crippen LogP contribution in [0.15, 0.2) is 12.1 Å². The van der Waals surface area contributed by atoms with Gasteiger partial charge in [0.25, 0.3) is 0 Å². The van der Waals surface area contributed by atoms with Crippen LogP contribution in [0.2, 0.25) is 0 Å². The molecule has 0 saturated carbocycles. The average molecular weight is 425 g/mol. The van der Waals surface area contributed by atoms with E-state index in [2.05, 4.69) is 54.4 Å². The normalized spacial score (nSPS) is 11.3. The summed E-state index contributed by atoms with van der Waals surface area (Å²) < 4.78 is 6.01. The maximum absolute atomic E-state index is 10.4. The van der Waals surface area contributed by atoms with Crippen LogP contribution in [0.5, 0.6) is 11.5 Å². The number of phenolic OH excluding ortho intramolecular Hbond substituents is 1. The van der Waals surface area contributed by atoms with Crippen molar-refractivity contribution in [3.63, 3.8) is 0 Å². The van der Waals surface area contributed by atoms with Crippen LogP contribution < -0.4 is 39.5 Å². The zero-order valence-electron chi connectivity index (χ0n) is 19.6. The Labute approximate surface area is 203 Å². The fourth-order valence-electron chi connectivity index (χ4n) is 3.57. The van der Waals surface area contributed by atoms with Gasteiger partial charge < -0.3 is 14.9 Å². The van der Waals surface area contributed by atoms with Gasteiger partial charge in [0.1, 0.15) is 11.5 Å². The summed E-state index contributed by atoms with van der Waals surface area (Å²) in [6.07, 6.45) is 10.8. The van der Waals surface area contributed by atoms with E-state index in [0.29, 0.717) is 18.2 Å². The number of hydrogen-bond acceptors (Lipinski definition) is 5. The molecule has 1 heterocycles. The summed E-state index contributed by atoms with van der Waals surface area (Å²) in [4.78, 5) is 0. The van der Waals surface area contributed by atoms with E-state index < -0.39 is 0 Å². The van der Waals surface area contributed by atoms with E-state index in [4.69, 9.17) is 4.74 Å². The van der Waals surface area contributed by atoms with E-state index in [1.807, 2.05) is 6.07 Å². The smallest absolute Gasteiger partial charge is 0.508 e. The summed E-state index contributed by atoms with van der Waals surface area (Å²) in [6.45, 7) is 9.27. The Balaban J connectivity index is 0.00000450. The molecule has 0 unspecified atom stereocenters. The van der Waals surface area contributed by atoms with Gasteiger partial charge in [-0.2, -0.15) is 0 Å². The SMILES string of the molecule is CCCCCCc1cc(CC)c(OCCCCCC(C)(C)c2nn[n-]n2)cc1O.[Na+]. The minimum absolute atomic E-state index is 0. The molecule has 0 amide bonds. The minimum atomic E-state index is -0.0987. The Hall–Kier alpha value is -1.11.